The van der Waals surface area contributed by atoms with E-state index in [1.807, 2.05) is 24.3 Å². The smallest absolute Gasteiger partial charge is 0.226 e. The second kappa shape index (κ2) is 7.81. The van der Waals surface area contributed by atoms with Crippen LogP contribution in [0.15, 0.2) is 39.3 Å². The summed E-state index contributed by atoms with van der Waals surface area (Å²) in [4.78, 5) is 4.49. The van der Waals surface area contributed by atoms with Crippen LogP contribution in [0.25, 0.3) is 11.5 Å². The molecule has 0 saturated heterocycles. The molecule has 0 bridgehead atoms. The Morgan fingerprint density at radius 1 is 1.26 bits per heavy atom. The van der Waals surface area contributed by atoms with E-state index in [9.17, 15) is 0 Å². The highest BCUT2D eigenvalue weighted by Gasteiger charge is 2.09. The Hall–Kier alpha value is -1.57. The predicted octanol–water partition coefficient (Wildman–Crippen LogP) is 4.96. The monoisotopic (exact) mass is 366 g/mol. The van der Waals surface area contributed by atoms with Crippen LogP contribution in [0.4, 0.5) is 5.13 Å². The molecule has 0 atom stereocenters. The van der Waals surface area contributed by atoms with E-state index in [2.05, 4.69) is 27.4 Å². The number of oxazole rings is 1. The Morgan fingerprint density at radius 2 is 2.09 bits per heavy atom. The van der Waals surface area contributed by atoms with Crippen molar-refractivity contribution in [2.24, 2.45) is 0 Å². The lowest BCUT2D eigenvalue weighted by Gasteiger charge is -1.95. The molecule has 8 heteroatoms. The van der Waals surface area contributed by atoms with Gasteiger partial charge in [-0.1, -0.05) is 41.6 Å². The van der Waals surface area contributed by atoms with Crippen LogP contribution in [0.3, 0.4) is 0 Å². The average Bonchev–Trinajstić information content (AvgIpc) is 3.21. The molecule has 0 spiro atoms. The van der Waals surface area contributed by atoms with E-state index in [0.29, 0.717) is 16.7 Å². The van der Waals surface area contributed by atoms with Crippen molar-refractivity contribution in [3.8, 4) is 11.5 Å². The average molecular weight is 367 g/mol. The van der Waals surface area contributed by atoms with Crippen molar-refractivity contribution in [1.29, 1.82) is 0 Å². The van der Waals surface area contributed by atoms with Gasteiger partial charge >= 0.3 is 0 Å². The molecular formula is C15H15ClN4OS2. The fraction of sp³-hybridized carbons (Fsp3) is 0.267. The van der Waals surface area contributed by atoms with Gasteiger partial charge in [-0.25, -0.2) is 4.98 Å². The highest BCUT2D eigenvalue weighted by molar-refractivity contribution is 8.00. The molecule has 3 aromatic rings. The molecule has 3 rings (SSSR count). The van der Waals surface area contributed by atoms with Gasteiger partial charge in [0, 0.05) is 22.9 Å². The molecule has 120 valence electrons. The summed E-state index contributed by atoms with van der Waals surface area (Å²) in [5.41, 5.74) is 1.78. The molecule has 0 aliphatic rings. The minimum atomic E-state index is 0.597. The van der Waals surface area contributed by atoms with Gasteiger partial charge < -0.3 is 9.73 Å². The first-order valence-corrected chi connectivity index (χ1v) is 9.33. The molecule has 0 saturated carbocycles. The fourth-order valence-electron chi connectivity index (χ4n) is 1.81. The van der Waals surface area contributed by atoms with Gasteiger partial charge in [0.05, 0.1) is 5.69 Å². The molecule has 0 fully saturated rings. The van der Waals surface area contributed by atoms with Gasteiger partial charge in [-0.2, -0.15) is 0 Å². The minimum absolute atomic E-state index is 0.597. The number of hydrogen-bond acceptors (Lipinski definition) is 7. The van der Waals surface area contributed by atoms with E-state index in [4.69, 9.17) is 16.0 Å². The minimum Gasteiger partial charge on any atom is -0.444 e. The van der Waals surface area contributed by atoms with Crippen LogP contribution < -0.4 is 5.32 Å². The molecule has 0 aliphatic heterocycles. The third-order valence-corrected chi connectivity index (χ3v) is 5.22. The maximum absolute atomic E-state index is 5.88. The molecule has 0 unspecified atom stereocenters. The van der Waals surface area contributed by atoms with Crippen LogP contribution in [0, 0.1) is 0 Å². The third-order valence-electron chi connectivity index (χ3n) is 2.92. The first-order chi connectivity index (χ1) is 11.2. The first kappa shape index (κ1) is 16.3. The van der Waals surface area contributed by atoms with E-state index in [1.54, 1.807) is 29.4 Å². The van der Waals surface area contributed by atoms with Gasteiger partial charge in [-0.3, -0.25) is 0 Å². The number of hydrogen-bond donors (Lipinski definition) is 1. The quantitative estimate of drug-likeness (QED) is 0.596. The standard InChI is InChI=1S/C15H15ClN4OS2/c1-2-7-17-14-19-20-15(23-14)22-9-12-8-21-13(18-12)10-3-5-11(16)6-4-10/h3-6,8H,2,7,9H2,1H3,(H,17,19). The summed E-state index contributed by atoms with van der Waals surface area (Å²) in [6.07, 6.45) is 2.74. The summed E-state index contributed by atoms with van der Waals surface area (Å²) in [7, 11) is 0. The molecule has 0 radical (unpaired) electrons. The van der Waals surface area contributed by atoms with Crippen LogP contribution in [-0.4, -0.2) is 21.7 Å². The van der Waals surface area contributed by atoms with Crippen LogP contribution in [0.2, 0.25) is 5.02 Å². The summed E-state index contributed by atoms with van der Waals surface area (Å²) in [5, 5.41) is 13.0. The van der Waals surface area contributed by atoms with Crippen molar-refractivity contribution in [3.63, 3.8) is 0 Å². The van der Waals surface area contributed by atoms with Gasteiger partial charge in [-0.15, -0.1) is 10.2 Å². The van der Waals surface area contributed by atoms with Crippen molar-refractivity contribution < 1.29 is 4.42 Å². The molecule has 0 amide bonds. The Kier molecular flexibility index (Phi) is 5.53. The molecule has 2 heterocycles. The molecule has 1 aromatic carbocycles. The van der Waals surface area contributed by atoms with E-state index in [0.717, 1.165) is 33.7 Å². The molecule has 2 aromatic heterocycles. The molecule has 5 nitrogen and oxygen atoms in total. The third kappa shape index (κ3) is 4.46. The highest BCUT2D eigenvalue weighted by Crippen LogP contribution is 2.29. The fourth-order valence-corrected chi connectivity index (χ4v) is 3.59. The SMILES string of the molecule is CCCNc1nnc(SCc2coc(-c3ccc(Cl)cc3)n2)s1. The number of aromatic nitrogens is 3. The second-order valence-electron chi connectivity index (χ2n) is 4.74. The van der Waals surface area contributed by atoms with Gasteiger partial charge in [0.25, 0.3) is 0 Å². The normalized spacial score (nSPS) is 10.9. The van der Waals surface area contributed by atoms with Crippen molar-refractivity contribution in [1.82, 2.24) is 15.2 Å². The summed E-state index contributed by atoms with van der Waals surface area (Å²) in [5.74, 6) is 1.29. The summed E-state index contributed by atoms with van der Waals surface area (Å²) in [6, 6.07) is 7.42. The first-order valence-electron chi connectivity index (χ1n) is 7.15. The topological polar surface area (TPSA) is 63.8 Å². The second-order valence-corrected chi connectivity index (χ2v) is 7.38. The lowest BCUT2D eigenvalue weighted by atomic mass is 10.2. The maximum Gasteiger partial charge on any atom is 0.226 e. The van der Waals surface area contributed by atoms with Gasteiger partial charge in [0.2, 0.25) is 11.0 Å². The van der Waals surface area contributed by atoms with E-state index in [1.165, 1.54) is 0 Å². The van der Waals surface area contributed by atoms with Crippen molar-refractivity contribution in [3.05, 3.63) is 41.2 Å². The summed E-state index contributed by atoms with van der Waals surface area (Å²) in [6.45, 7) is 3.03. The zero-order valence-electron chi connectivity index (χ0n) is 12.5. The zero-order valence-corrected chi connectivity index (χ0v) is 14.8. The number of benzene rings is 1. The molecule has 1 N–H and O–H groups in total. The summed E-state index contributed by atoms with van der Waals surface area (Å²) >= 11 is 9.04. The number of nitrogens with zero attached hydrogens (tertiary/aromatic N) is 3. The van der Waals surface area contributed by atoms with Crippen LogP contribution in [0.5, 0.6) is 0 Å². The van der Waals surface area contributed by atoms with Crippen molar-refractivity contribution in [2.45, 2.75) is 23.4 Å². The van der Waals surface area contributed by atoms with Crippen molar-refractivity contribution in [2.75, 3.05) is 11.9 Å². The van der Waals surface area contributed by atoms with E-state index in [-0.39, 0.29) is 0 Å². The van der Waals surface area contributed by atoms with Gasteiger partial charge in [0.1, 0.15) is 6.26 Å². The Labute approximate surface area is 147 Å². The number of halogens is 1. The molecule has 23 heavy (non-hydrogen) atoms. The number of anilines is 1. The number of thioether (sulfide) groups is 1. The van der Waals surface area contributed by atoms with Gasteiger partial charge in [0.15, 0.2) is 4.34 Å². The van der Waals surface area contributed by atoms with Gasteiger partial charge in [-0.05, 0) is 30.7 Å². The lowest BCUT2D eigenvalue weighted by Crippen LogP contribution is -1.98. The Bertz CT molecular complexity index is 757. The zero-order chi connectivity index (χ0) is 16.1. The molecule has 0 aliphatic carbocycles. The highest BCUT2D eigenvalue weighted by atomic mass is 35.5. The van der Waals surface area contributed by atoms with Crippen LogP contribution >= 0.6 is 34.7 Å². The largest absolute Gasteiger partial charge is 0.444 e. The Balaban J connectivity index is 1.58. The van der Waals surface area contributed by atoms with E-state index < -0.39 is 0 Å². The predicted molar refractivity (Wildman–Crippen MR) is 95.2 cm³/mol. The maximum atomic E-state index is 5.88. The number of rotatable bonds is 7. The van der Waals surface area contributed by atoms with Crippen LogP contribution in [-0.2, 0) is 5.75 Å². The molecular weight excluding hydrogens is 352 g/mol. The summed E-state index contributed by atoms with van der Waals surface area (Å²) < 4.78 is 6.44. The van der Waals surface area contributed by atoms with Crippen molar-refractivity contribution >= 4 is 39.8 Å². The number of nitrogens with one attached hydrogen (secondary N) is 1. The van der Waals surface area contributed by atoms with E-state index >= 15 is 0 Å². The van der Waals surface area contributed by atoms with Crippen LogP contribution in [0.1, 0.15) is 19.0 Å². The Morgan fingerprint density at radius 3 is 2.87 bits per heavy atom. The lowest BCUT2D eigenvalue weighted by molar-refractivity contribution is 0.573.